The van der Waals surface area contributed by atoms with E-state index in [1.54, 1.807) is 18.2 Å². The van der Waals surface area contributed by atoms with E-state index >= 15 is 0 Å². The Morgan fingerprint density at radius 3 is 2.52 bits per heavy atom. The second-order valence-electron chi connectivity index (χ2n) is 7.87. The maximum Gasteiger partial charge on any atom is 0.290 e. The van der Waals surface area contributed by atoms with Crippen molar-refractivity contribution in [3.05, 3.63) is 36.5 Å². The van der Waals surface area contributed by atoms with Crippen LogP contribution in [0.2, 0.25) is 0 Å². The first-order chi connectivity index (χ1) is 15.8. The number of likely N-dealkylation sites (N-methyl/N-ethyl adjacent to an activating group) is 2. The molecule has 176 valence electrons. The highest BCUT2D eigenvalue weighted by Gasteiger charge is 2.25. The van der Waals surface area contributed by atoms with Crippen molar-refractivity contribution in [1.82, 2.24) is 19.1 Å². The SMILES string of the molecule is CN1CCN(c2ccc3cnn(S(=O)(=O)c4ccc5c(c4)OCCN5C)c3n2)CC1.O=CO. The van der Waals surface area contributed by atoms with E-state index in [1.807, 2.05) is 24.1 Å². The van der Waals surface area contributed by atoms with Crippen LogP contribution in [-0.2, 0) is 14.8 Å². The summed E-state index contributed by atoms with van der Waals surface area (Å²) in [6.45, 7) is 4.63. The molecule has 1 N–H and O–H groups in total. The van der Waals surface area contributed by atoms with Gasteiger partial charge in [0.15, 0.2) is 5.65 Å². The molecule has 0 spiro atoms. The van der Waals surface area contributed by atoms with Crippen molar-refractivity contribution in [2.75, 3.05) is 63.2 Å². The molecule has 0 atom stereocenters. The summed E-state index contributed by atoms with van der Waals surface area (Å²) in [5.41, 5.74) is 1.21. The molecule has 0 unspecified atom stereocenters. The lowest BCUT2D eigenvalue weighted by Crippen LogP contribution is -2.44. The number of hydrogen-bond acceptors (Lipinski definition) is 9. The van der Waals surface area contributed by atoms with Crippen molar-refractivity contribution in [3.63, 3.8) is 0 Å². The summed E-state index contributed by atoms with van der Waals surface area (Å²) >= 11 is 0. The van der Waals surface area contributed by atoms with Gasteiger partial charge in [-0.05, 0) is 31.3 Å². The van der Waals surface area contributed by atoms with Gasteiger partial charge in [-0.1, -0.05) is 0 Å². The van der Waals surface area contributed by atoms with E-state index in [2.05, 4.69) is 26.9 Å². The molecule has 1 aromatic carbocycles. The third kappa shape index (κ3) is 4.44. The Kier molecular flexibility index (Phi) is 6.38. The van der Waals surface area contributed by atoms with E-state index in [9.17, 15) is 8.42 Å². The lowest BCUT2D eigenvalue weighted by Gasteiger charge is -2.33. The number of aromatic nitrogens is 3. The highest BCUT2D eigenvalue weighted by atomic mass is 32.2. The number of rotatable bonds is 3. The number of ether oxygens (including phenoxy) is 1. The fourth-order valence-electron chi connectivity index (χ4n) is 3.86. The van der Waals surface area contributed by atoms with Gasteiger partial charge in [-0.15, -0.1) is 4.09 Å². The molecule has 3 aromatic rings. The van der Waals surface area contributed by atoms with Crippen molar-refractivity contribution in [3.8, 4) is 5.75 Å². The second-order valence-corrected chi connectivity index (χ2v) is 9.64. The topological polar surface area (TPSA) is 121 Å². The number of benzene rings is 1. The van der Waals surface area contributed by atoms with Gasteiger partial charge in [0.2, 0.25) is 0 Å². The minimum Gasteiger partial charge on any atom is -0.490 e. The standard InChI is InChI=1S/C20H24N6O3S.CH2O2/c1-23-7-9-25(10-8-23)19-6-3-15-14-21-26(20(15)22-19)30(27,28)16-4-5-17-18(13-16)29-12-11-24(17)2;2-1-3/h3-6,13-14H,7-12H2,1-2H3;1H,(H,2,3). The van der Waals surface area contributed by atoms with Gasteiger partial charge in [-0.2, -0.15) is 13.5 Å². The molecule has 4 heterocycles. The molecule has 12 heteroatoms. The van der Waals surface area contributed by atoms with Crippen LogP contribution in [0.3, 0.4) is 0 Å². The van der Waals surface area contributed by atoms with Gasteiger partial charge in [-0.3, -0.25) is 4.79 Å². The molecule has 2 aliphatic rings. The first-order valence-electron chi connectivity index (χ1n) is 10.4. The van der Waals surface area contributed by atoms with Crippen molar-refractivity contribution in [1.29, 1.82) is 0 Å². The largest absolute Gasteiger partial charge is 0.490 e. The van der Waals surface area contributed by atoms with Gasteiger partial charge in [-0.25, -0.2) is 4.98 Å². The van der Waals surface area contributed by atoms with Crippen LogP contribution in [0.5, 0.6) is 5.75 Å². The molecule has 0 saturated carbocycles. The molecule has 2 aromatic heterocycles. The predicted octanol–water partition coefficient (Wildman–Crippen LogP) is 0.950. The molecule has 0 amide bonds. The zero-order valence-electron chi connectivity index (χ0n) is 18.5. The molecule has 1 fully saturated rings. The van der Waals surface area contributed by atoms with Crippen LogP contribution in [0.4, 0.5) is 11.5 Å². The van der Waals surface area contributed by atoms with Crippen molar-refractivity contribution >= 4 is 39.0 Å². The predicted molar refractivity (Wildman–Crippen MR) is 124 cm³/mol. The Bertz CT molecular complexity index is 1250. The summed E-state index contributed by atoms with van der Waals surface area (Å²) < 4.78 is 33.5. The van der Waals surface area contributed by atoms with Crippen LogP contribution >= 0.6 is 0 Å². The molecule has 0 aliphatic carbocycles. The van der Waals surface area contributed by atoms with Gasteiger partial charge in [0, 0.05) is 44.7 Å². The van der Waals surface area contributed by atoms with E-state index in [-0.39, 0.29) is 11.4 Å². The Balaban J connectivity index is 0.000000821. The molecule has 5 rings (SSSR count). The Labute approximate surface area is 191 Å². The minimum absolute atomic E-state index is 0.133. The lowest BCUT2D eigenvalue weighted by molar-refractivity contribution is -0.122. The van der Waals surface area contributed by atoms with Gasteiger partial charge in [0.1, 0.15) is 18.2 Å². The number of carboxylic acid groups (broad SMARTS) is 1. The van der Waals surface area contributed by atoms with Gasteiger partial charge in [0.25, 0.3) is 16.5 Å². The van der Waals surface area contributed by atoms with Crippen molar-refractivity contribution in [2.45, 2.75) is 4.90 Å². The molecular weight excluding hydrogens is 448 g/mol. The van der Waals surface area contributed by atoms with Crippen LogP contribution < -0.4 is 14.5 Å². The number of piperazine rings is 1. The number of nitrogens with zero attached hydrogens (tertiary/aromatic N) is 6. The van der Waals surface area contributed by atoms with Crippen molar-refractivity contribution < 1.29 is 23.1 Å². The average Bonchev–Trinajstić information content (AvgIpc) is 3.24. The highest BCUT2D eigenvalue weighted by Crippen LogP contribution is 2.33. The lowest BCUT2D eigenvalue weighted by atomic mass is 10.2. The Morgan fingerprint density at radius 1 is 1.06 bits per heavy atom. The first kappa shape index (κ1) is 22.8. The number of anilines is 2. The van der Waals surface area contributed by atoms with Crippen LogP contribution in [0.25, 0.3) is 11.0 Å². The number of hydrogen-bond donors (Lipinski definition) is 1. The molecular formula is C21H26N6O5S. The summed E-state index contributed by atoms with van der Waals surface area (Å²) in [7, 11) is 0.140. The molecule has 0 radical (unpaired) electrons. The van der Waals surface area contributed by atoms with E-state index in [4.69, 9.17) is 14.6 Å². The molecule has 1 saturated heterocycles. The molecule has 0 bridgehead atoms. The zero-order chi connectivity index (χ0) is 23.6. The maximum absolute atomic E-state index is 13.4. The quantitative estimate of drug-likeness (QED) is 0.549. The minimum atomic E-state index is -3.91. The van der Waals surface area contributed by atoms with Crippen LogP contribution in [0.1, 0.15) is 0 Å². The first-order valence-corrected chi connectivity index (χ1v) is 11.9. The van der Waals surface area contributed by atoms with Crippen LogP contribution in [-0.4, -0.2) is 92.5 Å². The third-order valence-electron chi connectivity index (χ3n) is 5.75. The normalized spacial score (nSPS) is 16.5. The monoisotopic (exact) mass is 474 g/mol. The number of carbonyl (C=O) groups is 1. The zero-order valence-corrected chi connectivity index (χ0v) is 19.3. The summed E-state index contributed by atoms with van der Waals surface area (Å²) in [4.78, 5) is 19.6. The number of fused-ring (bicyclic) bond motifs is 2. The third-order valence-corrected chi connectivity index (χ3v) is 7.33. The van der Waals surface area contributed by atoms with E-state index < -0.39 is 10.0 Å². The molecule has 33 heavy (non-hydrogen) atoms. The molecule has 2 aliphatic heterocycles. The summed E-state index contributed by atoms with van der Waals surface area (Å²) in [6, 6.07) is 8.74. The van der Waals surface area contributed by atoms with Gasteiger partial charge in [0.05, 0.1) is 23.3 Å². The maximum atomic E-state index is 13.4. The van der Waals surface area contributed by atoms with E-state index in [1.165, 1.54) is 6.20 Å². The highest BCUT2D eigenvalue weighted by molar-refractivity contribution is 7.90. The Morgan fingerprint density at radius 2 is 1.79 bits per heavy atom. The molecule has 11 nitrogen and oxygen atoms in total. The van der Waals surface area contributed by atoms with E-state index in [0.29, 0.717) is 23.4 Å². The fraction of sp³-hybridized carbons (Fsp3) is 0.381. The summed E-state index contributed by atoms with van der Waals surface area (Å²) in [5.74, 6) is 1.33. The smallest absolute Gasteiger partial charge is 0.290 e. The van der Waals surface area contributed by atoms with Gasteiger partial charge >= 0.3 is 0 Å². The van der Waals surface area contributed by atoms with Crippen LogP contribution in [0.15, 0.2) is 41.4 Å². The second kappa shape index (κ2) is 9.24. The average molecular weight is 475 g/mol. The summed E-state index contributed by atoms with van der Waals surface area (Å²) in [6.07, 6.45) is 1.54. The Hall–Kier alpha value is -3.38. The van der Waals surface area contributed by atoms with Crippen molar-refractivity contribution in [2.24, 2.45) is 0 Å². The van der Waals surface area contributed by atoms with Crippen LogP contribution in [0, 0.1) is 0 Å². The van der Waals surface area contributed by atoms with Gasteiger partial charge < -0.3 is 24.5 Å². The number of pyridine rings is 1. The summed E-state index contributed by atoms with van der Waals surface area (Å²) in [5, 5.41) is 11.7. The fourth-order valence-corrected chi connectivity index (χ4v) is 5.10. The van der Waals surface area contributed by atoms with E-state index in [0.717, 1.165) is 48.3 Å².